The van der Waals surface area contributed by atoms with E-state index in [1.807, 2.05) is 31.0 Å². The molecule has 0 saturated carbocycles. The summed E-state index contributed by atoms with van der Waals surface area (Å²) in [6.45, 7) is 5.05. The number of hydrogen-bond donors (Lipinski definition) is 1. The molecule has 0 spiro atoms. The Kier molecular flexibility index (Phi) is 7.32. The van der Waals surface area contributed by atoms with Crippen LogP contribution < -0.4 is 4.90 Å². The van der Waals surface area contributed by atoms with Crippen LogP contribution in [0, 0.1) is 12.8 Å². The summed E-state index contributed by atoms with van der Waals surface area (Å²) in [6.07, 6.45) is 5.99. The fourth-order valence-corrected chi connectivity index (χ4v) is 6.77. The van der Waals surface area contributed by atoms with Crippen molar-refractivity contribution in [2.24, 2.45) is 5.92 Å². The fourth-order valence-electron chi connectivity index (χ4n) is 5.78. The molecule has 0 aliphatic carbocycles. The number of aliphatic carboxylic acids is 1. The average Bonchev–Trinajstić information content (AvgIpc) is 3.46. The Morgan fingerprint density at radius 2 is 1.97 bits per heavy atom. The summed E-state index contributed by atoms with van der Waals surface area (Å²) in [4.78, 5) is 34.1. The Bertz CT molecular complexity index is 1560. The van der Waals surface area contributed by atoms with E-state index in [1.54, 1.807) is 21.5 Å². The average molecular weight is 574 g/mol. The molecule has 4 heterocycles. The van der Waals surface area contributed by atoms with Crippen LogP contribution in [-0.4, -0.2) is 70.3 Å². The molecule has 1 amide bonds. The molecule has 12 heteroatoms. The van der Waals surface area contributed by atoms with E-state index in [1.165, 1.54) is 6.07 Å². The van der Waals surface area contributed by atoms with Crippen molar-refractivity contribution in [3.63, 3.8) is 0 Å². The SMILES string of the molecule is Cc1cn2nc([C@@H]3CCCCN3C(=O)c3cc(Cl)ccc3CS(C)(=O)=O)cc2nc1N1C[C@@H](C)C[C@@H]1C(=O)O. The zero-order valence-corrected chi connectivity index (χ0v) is 23.7. The summed E-state index contributed by atoms with van der Waals surface area (Å²) in [5.41, 5.74) is 2.78. The molecule has 2 saturated heterocycles. The second-order valence-electron chi connectivity index (χ2n) is 10.8. The Balaban J connectivity index is 1.50. The minimum atomic E-state index is -3.37. The van der Waals surface area contributed by atoms with E-state index in [2.05, 4.69) is 0 Å². The molecule has 0 radical (unpaired) electrons. The van der Waals surface area contributed by atoms with Gasteiger partial charge in [0.05, 0.1) is 17.5 Å². The highest BCUT2D eigenvalue weighted by atomic mass is 35.5. The molecule has 39 heavy (non-hydrogen) atoms. The molecule has 2 aromatic heterocycles. The summed E-state index contributed by atoms with van der Waals surface area (Å²) in [5.74, 6) is -0.520. The highest BCUT2D eigenvalue weighted by molar-refractivity contribution is 7.89. The predicted octanol–water partition coefficient (Wildman–Crippen LogP) is 3.90. The topological polar surface area (TPSA) is 125 Å². The number of sulfone groups is 1. The van der Waals surface area contributed by atoms with Crippen LogP contribution in [-0.2, 0) is 20.4 Å². The number of carbonyl (C=O) groups excluding carboxylic acids is 1. The molecule has 0 bridgehead atoms. The van der Waals surface area contributed by atoms with Crippen molar-refractivity contribution < 1.29 is 23.1 Å². The van der Waals surface area contributed by atoms with Crippen molar-refractivity contribution >= 4 is 44.8 Å². The monoisotopic (exact) mass is 573 g/mol. The number of halogens is 1. The van der Waals surface area contributed by atoms with Crippen LogP contribution in [0.15, 0.2) is 30.5 Å². The lowest BCUT2D eigenvalue weighted by Gasteiger charge is -2.35. The molecule has 3 atom stereocenters. The first-order valence-corrected chi connectivity index (χ1v) is 15.5. The van der Waals surface area contributed by atoms with Crippen LogP contribution in [0.1, 0.15) is 65.8 Å². The molecule has 0 unspecified atom stereocenters. The third-order valence-electron chi connectivity index (χ3n) is 7.52. The maximum Gasteiger partial charge on any atom is 0.326 e. The van der Waals surface area contributed by atoms with Gasteiger partial charge in [0.1, 0.15) is 11.9 Å². The molecule has 2 aliphatic rings. The molecule has 3 aromatic rings. The number of piperidine rings is 1. The molecule has 2 fully saturated rings. The first-order valence-electron chi connectivity index (χ1n) is 13.0. The van der Waals surface area contributed by atoms with Gasteiger partial charge in [-0.25, -0.2) is 22.7 Å². The molecule has 5 rings (SSSR count). The van der Waals surface area contributed by atoms with E-state index in [0.29, 0.717) is 53.7 Å². The number of aromatic nitrogens is 3. The summed E-state index contributed by atoms with van der Waals surface area (Å²) in [6, 6.07) is 5.63. The summed E-state index contributed by atoms with van der Waals surface area (Å²) in [7, 11) is -3.37. The minimum Gasteiger partial charge on any atom is -0.480 e. The smallest absolute Gasteiger partial charge is 0.326 e. The van der Waals surface area contributed by atoms with Gasteiger partial charge >= 0.3 is 5.97 Å². The van der Waals surface area contributed by atoms with Gasteiger partial charge < -0.3 is 14.9 Å². The lowest BCUT2D eigenvalue weighted by atomic mass is 9.97. The van der Waals surface area contributed by atoms with Gasteiger partial charge in [-0.2, -0.15) is 5.10 Å². The Morgan fingerprint density at radius 1 is 1.21 bits per heavy atom. The van der Waals surface area contributed by atoms with Crippen molar-refractivity contribution in [3.05, 3.63) is 57.9 Å². The Hall–Kier alpha value is -3.18. The van der Waals surface area contributed by atoms with Gasteiger partial charge in [-0.3, -0.25) is 4.79 Å². The third kappa shape index (κ3) is 5.60. The molecule has 2 aliphatic heterocycles. The zero-order valence-electron chi connectivity index (χ0n) is 22.2. The van der Waals surface area contributed by atoms with E-state index in [-0.39, 0.29) is 29.2 Å². The van der Waals surface area contributed by atoms with Crippen molar-refractivity contribution in [1.82, 2.24) is 19.5 Å². The summed E-state index contributed by atoms with van der Waals surface area (Å²) in [5, 5.41) is 14.9. The zero-order chi connectivity index (χ0) is 28.1. The quantitative estimate of drug-likeness (QED) is 0.470. The van der Waals surface area contributed by atoms with Crippen LogP contribution in [0.2, 0.25) is 5.02 Å². The van der Waals surface area contributed by atoms with E-state index in [4.69, 9.17) is 21.7 Å². The van der Waals surface area contributed by atoms with Crippen LogP contribution in [0.5, 0.6) is 0 Å². The predicted molar refractivity (Wildman–Crippen MR) is 148 cm³/mol. The summed E-state index contributed by atoms with van der Waals surface area (Å²) < 4.78 is 25.7. The molecule has 208 valence electrons. The summed E-state index contributed by atoms with van der Waals surface area (Å²) >= 11 is 6.22. The number of carboxylic acid groups (broad SMARTS) is 1. The van der Waals surface area contributed by atoms with Gasteiger partial charge in [-0.05, 0) is 56.2 Å². The lowest BCUT2D eigenvalue weighted by Crippen LogP contribution is -2.39. The molecular formula is C27H32ClN5O5S. The van der Waals surface area contributed by atoms with Crippen LogP contribution in [0.3, 0.4) is 0 Å². The van der Waals surface area contributed by atoms with E-state index < -0.39 is 21.8 Å². The van der Waals surface area contributed by atoms with Gasteiger partial charge in [0.2, 0.25) is 0 Å². The van der Waals surface area contributed by atoms with Crippen molar-refractivity contribution in [1.29, 1.82) is 0 Å². The molecule has 10 nitrogen and oxygen atoms in total. The molecule has 1 N–H and O–H groups in total. The number of benzene rings is 1. The Morgan fingerprint density at radius 3 is 2.69 bits per heavy atom. The first kappa shape index (κ1) is 27.4. The highest BCUT2D eigenvalue weighted by Gasteiger charge is 2.37. The van der Waals surface area contributed by atoms with Gasteiger partial charge in [-0.15, -0.1) is 0 Å². The molecule has 1 aromatic carbocycles. The van der Waals surface area contributed by atoms with Crippen molar-refractivity contribution in [3.8, 4) is 0 Å². The van der Waals surface area contributed by atoms with Crippen LogP contribution in [0.25, 0.3) is 5.65 Å². The van der Waals surface area contributed by atoms with E-state index in [9.17, 15) is 23.1 Å². The minimum absolute atomic E-state index is 0.241. The van der Waals surface area contributed by atoms with Crippen LogP contribution >= 0.6 is 11.6 Å². The van der Waals surface area contributed by atoms with Crippen molar-refractivity contribution in [2.45, 2.75) is 57.4 Å². The highest BCUT2D eigenvalue weighted by Crippen LogP contribution is 2.35. The second kappa shape index (κ2) is 10.4. The molecular weight excluding hydrogens is 542 g/mol. The second-order valence-corrected chi connectivity index (χ2v) is 13.4. The number of fused-ring (bicyclic) bond motifs is 1. The number of rotatable bonds is 6. The van der Waals surface area contributed by atoms with Crippen LogP contribution in [0.4, 0.5) is 5.82 Å². The van der Waals surface area contributed by atoms with Gasteiger partial charge in [-0.1, -0.05) is 24.6 Å². The number of hydrogen-bond acceptors (Lipinski definition) is 7. The largest absolute Gasteiger partial charge is 0.480 e. The number of aryl methyl sites for hydroxylation is 1. The van der Waals surface area contributed by atoms with E-state index in [0.717, 1.165) is 24.7 Å². The van der Waals surface area contributed by atoms with Crippen molar-refractivity contribution in [2.75, 3.05) is 24.2 Å². The number of likely N-dealkylation sites (tertiary alicyclic amines) is 1. The van der Waals surface area contributed by atoms with E-state index >= 15 is 0 Å². The number of carbonyl (C=O) groups is 2. The Labute approximate surface area is 232 Å². The number of amides is 1. The fraction of sp³-hybridized carbons (Fsp3) is 0.481. The third-order valence-corrected chi connectivity index (χ3v) is 8.59. The number of anilines is 1. The maximum atomic E-state index is 13.8. The van der Waals surface area contributed by atoms with Gasteiger partial charge in [0.25, 0.3) is 5.91 Å². The standard InChI is InChI=1S/C27H32ClN5O5S/c1-16-10-23(27(35)36)32(13-16)25-17(2)14-33-24(29-25)12-21(30-33)22-6-4-5-9-31(22)26(34)20-11-19(28)8-7-18(20)15-39(3,37)38/h7-8,11-12,14,16,22-23H,4-6,9-10,13,15H2,1-3H3,(H,35,36)/t16-,22-,23+/m0/s1. The lowest BCUT2D eigenvalue weighted by molar-refractivity contribution is -0.138. The number of carboxylic acids is 1. The van der Waals surface area contributed by atoms with Gasteiger partial charge in [0, 0.05) is 47.8 Å². The maximum absolute atomic E-state index is 13.8. The number of nitrogens with zero attached hydrogens (tertiary/aromatic N) is 5. The van der Waals surface area contributed by atoms with Gasteiger partial charge in [0.15, 0.2) is 15.5 Å². The first-order chi connectivity index (χ1) is 18.4. The normalized spacial score (nSPS) is 22.0.